The predicted octanol–water partition coefficient (Wildman–Crippen LogP) is 4.03. The van der Waals surface area contributed by atoms with Crippen molar-refractivity contribution < 1.29 is 0 Å². The van der Waals surface area contributed by atoms with E-state index in [1.807, 2.05) is 0 Å². The van der Waals surface area contributed by atoms with Crippen LogP contribution in [0, 0.1) is 11.3 Å². The molecule has 0 saturated heterocycles. The number of nitrogens with zero attached hydrogens (tertiary/aromatic N) is 1. The van der Waals surface area contributed by atoms with E-state index in [1.165, 1.54) is 18.4 Å². The number of hydrogen-bond donors (Lipinski definition) is 1. The minimum absolute atomic E-state index is 0.131. The van der Waals surface area contributed by atoms with Crippen molar-refractivity contribution in [2.75, 3.05) is 13.6 Å². The van der Waals surface area contributed by atoms with Crippen LogP contribution in [0.25, 0.3) is 0 Å². The van der Waals surface area contributed by atoms with E-state index < -0.39 is 0 Å². The van der Waals surface area contributed by atoms with Crippen molar-refractivity contribution in [1.29, 1.82) is 0 Å². The van der Waals surface area contributed by atoms with Gasteiger partial charge in [0.1, 0.15) is 0 Å². The summed E-state index contributed by atoms with van der Waals surface area (Å²) in [5.41, 5.74) is 8.08. The molecule has 0 amide bonds. The number of benzene rings is 1. The van der Waals surface area contributed by atoms with Crippen LogP contribution in [0.5, 0.6) is 0 Å². The third kappa shape index (κ3) is 3.10. The van der Waals surface area contributed by atoms with Gasteiger partial charge >= 0.3 is 0 Å². The van der Waals surface area contributed by atoms with Gasteiger partial charge in [0.05, 0.1) is 0 Å². The Bertz CT molecular complexity index is 472. The molecule has 2 unspecified atom stereocenters. The highest BCUT2D eigenvalue weighted by Gasteiger charge is 2.49. The fourth-order valence-corrected chi connectivity index (χ4v) is 4.55. The monoisotopic (exact) mass is 338 g/mol. The molecule has 1 saturated carbocycles. The first-order valence-corrected chi connectivity index (χ1v) is 8.24. The summed E-state index contributed by atoms with van der Waals surface area (Å²) in [5, 5.41) is 0. The quantitative estimate of drug-likeness (QED) is 0.897. The van der Waals surface area contributed by atoms with Crippen molar-refractivity contribution in [3.63, 3.8) is 0 Å². The van der Waals surface area contributed by atoms with Gasteiger partial charge in [-0.05, 0) is 48.9 Å². The molecule has 0 aromatic heterocycles. The van der Waals surface area contributed by atoms with Gasteiger partial charge in [-0.25, -0.2) is 0 Å². The Morgan fingerprint density at radius 2 is 2.10 bits per heavy atom. The first-order valence-electron chi connectivity index (χ1n) is 7.45. The summed E-state index contributed by atoms with van der Waals surface area (Å²) in [4.78, 5) is 2.48. The van der Waals surface area contributed by atoms with E-state index in [0.717, 1.165) is 17.6 Å². The van der Waals surface area contributed by atoms with Crippen molar-refractivity contribution in [3.05, 3.63) is 34.3 Å². The van der Waals surface area contributed by atoms with E-state index in [4.69, 9.17) is 5.73 Å². The molecule has 1 aromatic carbocycles. The lowest BCUT2D eigenvalue weighted by Gasteiger charge is -2.42. The standard InChI is InChI=1S/C17H27BrN2/c1-13-9-16(2,3)11-17(13,12-19)20(4)10-14-6-5-7-15(18)8-14/h5-8,13H,9-12,19H2,1-4H3. The second kappa shape index (κ2) is 5.78. The molecule has 2 N–H and O–H groups in total. The summed E-state index contributed by atoms with van der Waals surface area (Å²) in [6, 6.07) is 8.57. The Morgan fingerprint density at radius 3 is 2.60 bits per heavy atom. The Kier molecular flexibility index (Phi) is 4.63. The van der Waals surface area contributed by atoms with Crippen LogP contribution >= 0.6 is 15.9 Å². The van der Waals surface area contributed by atoms with E-state index in [2.05, 4.69) is 72.9 Å². The highest BCUT2D eigenvalue weighted by atomic mass is 79.9. The van der Waals surface area contributed by atoms with Gasteiger partial charge < -0.3 is 5.73 Å². The fraction of sp³-hybridized carbons (Fsp3) is 0.647. The zero-order chi connectivity index (χ0) is 15.0. The maximum Gasteiger partial charge on any atom is 0.0362 e. The Balaban J connectivity index is 2.20. The zero-order valence-corrected chi connectivity index (χ0v) is 14.7. The second-order valence-corrected chi connectivity index (χ2v) is 8.16. The number of halogens is 1. The number of rotatable bonds is 4. The highest BCUT2D eigenvalue weighted by Crippen LogP contribution is 2.49. The van der Waals surface area contributed by atoms with Crippen molar-refractivity contribution in [3.8, 4) is 0 Å². The van der Waals surface area contributed by atoms with Crippen LogP contribution in [0.4, 0.5) is 0 Å². The van der Waals surface area contributed by atoms with E-state index in [1.54, 1.807) is 0 Å². The molecule has 1 aromatic rings. The molecular weight excluding hydrogens is 312 g/mol. The highest BCUT2D eigenvalue weighted by molar-refractivity contribution is 9.10. The van der Waals surface area contributed by atoms with Gasteiger partial charge in [-0.15, -0.1) is 0 Å². The molecule has 0 radical (unpaired) electrons. The lowest BCUT2D eigenvalue weighted by molar-refractivity contribution is 0.0786. The van der Waals surface area contributed by atoms with E-state index in [-0.39, 0.29) is 5.54 Å². The van der Waals surface area contributed by atoms with Crippen LogP contribution in [0.1, 0.15) is 39.2 Å². The van der Waals surface area contributed by atoms with E-state index >= 15 is 0 Å². The minimum Gasteiger partial charge on any atom is -0.329 e. The van der Waals surface area contributed by atoms with Crippen LogP contribution in [0.15, 0.2) is 28.7 Å². The van der Waals surface area contributed by atoms with Gasteiger partial charge in [0.15, 0.2) is 0 Å². The maximum atomic E-state index is 6.21. The van der Waals surface area contributed by atoms with Crippen LogP contribution in [-0.2, 0) is 6.54 Å². The maximum absolute atomic E-state index is 6.21. The van der Waals surface area contributed by atoms with Crippen molar-refractivity contribution >= 4 is 15.9 Å². The molecular formula is C17H27BrN2. The summed E-state index contributed by atoms with van der Waals surface area (Å²) in [7, 11) is 2.23. The fourth-order valence-electron chi connectivity index (χ4n) is 4.10. The molecule has 3 heteroatoms. The molecule has 0 bridgehead atoms. The second-order valence-electron chi connectivity index (χ2n) is 7.24. The first-order chi connectivity index (χ1) is 9.29. The SMILES string of the molecule is CC1CC(C)(C)CC1(CN)N(C)Cc1cccc(Br)c1. The Labute approximate surface area is 131 Å². The number of likely N-dealkylation sites (N-methyl/N-ethyl adjacent to an activating group) is 1. The predicted molar refractivity (Wildman–Crippen MR) is 89.6 cm³/mol. The van der Waals surface area contributed by atoms with Gasteiger partial charge in [-0.3, -0.25) is 4.90 Å². The molecule has 2 nitrogen and oxygen atoms in total. The first kappa shape index (κ1) is 16.0. The summed E-state index contributed by atoms with van der Waals surface area (Å²) in [6.07, 6.45) is 2.44. The largest absolute Gasteiger partial charge is 0.329 e. The molecule has 0 spiro atoms. The van der Waals surface area contributed by atoms with Gasteiger partial charge in [-0.1, -0.05) is 48.8 Å². The smallest absolute Gasteiger partial charge is 0.0362 e. The van der Waals surface area contributed by atoms with Gasteiger partial charge in [0.2, 0.25) is 0 Å². The molecule has 112 valence electrons. The summed E-state index contributed by atoms with van der Waals surface area (Å²) < 4.78 is 1.14. The third-order valence-corrected chi connectivity index (χ3v) is 5.48. The summed E-state index contributed by atoms with van der Waals surface area (Å²) >= 11 is 3.55. The van der Waals surface area contributed by atoms with Gasteiger partial charge in [0, 0.05) is 23.1 Å². The molecule has 0 heterocycles. The van der Waals surface area contributed by atoms with Crippen LogP contribution in [0.3, 0.4) is 0 Å². The molecule has 20 heavy (non-hydrogen) atoms. The van der Waals surface area contributed by atoms with Gasteiger partial charge in [-0.2, -0.15) is 0 Å². The summed E-state index contributed by atoms with van der Waals surface area (Å²) in [5.74, 6) is 0.639. The Morgan fingerprint density at radius 1 is 1.40 bits per heavy atom. The normalized spacial score (nSPS) is 29.1. The molecule has 2 atom stereocenters. The van der Waals surface area contributed by atoms with Crippen LogP contribution in [0.2, 0.25) is 0 Å². The van der Waals surface area contributed by atoms with Crippen molar-refractivity contribution in [1.82, 2.24) is 4.90 Å². The molecule has 2 rings (SSSR count). The third-order valence-electron chi connectivity index (χ3n) is 4.98. The lowest BCUT2D eigenvalue weighted by Crippen LogP contribution is -2.54. The van der Waals surface area contributed by atoms with E-state index in [9.17, 15) is 0 Å². The molecule has 1 aliphatic carbocycles. The lowest BCUT2D eigenvalue weighted by atomic mass is 9.84. The topological polar surface area (TPSA) is 29.3 Å². The average molecular weight is 339 g/mol. The minimum atomic E-state index is 0.131. The van der Waals surface area contributed by atoms with E-state index in [0.29, 0.717) is 11.3 Å². The van der Waals surface area contributed by atoms with Crippen molar-refractivity contribution in [2.24, 2.45) is 17.1 Å². The zero-order valence-electron chi connectivity index (χ0n) is 13.1. The van der Waals surface area contributed by atoms with Gasteiger partial charge in [0.25, 0.3) is 0 Å². The van der Waals surface area contributed by atoms with Crippen LogP contribution in [-0.4, -0.2) is 24.0 Å². The molecule has 1 aliphatic rings. The average Bonchev–Trinajstić information content (AvgIpc) is 2.59. The Hall–Kier alpha value is -0.380. The summed E-state index contributed by atoms with van der Waals surface area (Å²) in [6.45, 7) is 8.79. The van der Waals surface area contributed by atoms with Crippen LogP contribution < -0.4 is 5.73 Å². The number of hydrogen-bond acceptors (Lipinski definition) is 2. The number of nitrogens with two attached hydrogens (primary N) is 1. The van der Waals surface area contributed by atoms with Crippen molar-refractivity contribution in [2.45, 2.75) is 45.7 Å². The molecule has 1 fully saturated rings. The molecule has 0 aliphatic heterocycles.